The summed E-state index contributed by atoms with van der Waals surface area (Å²) in [6.07, 6.45) is 1.77. The third-order valence-corrected chi connectivity index (χ3v) is 9.97. The molecule has 213 valence electrons. The van der Waals surface area contributed by atoms with Crippen LogP contribution in [0, 0.1) is 29.1 Å². The van der Waals surface area contributed by atoms with Crippen molar-refractivity contribution in [1.29, 1.82) is 5.26 Å². The molecule has 1 rings (SSSR count). The number of ether oxygens (including phenoxy) is 1. The summed E-state index contributed by atoms with van der Waals surface area (Å²) in [5.74, 6) is 1.55. The van der Waals surface area contributed by atoms with Crippen molar-refractivity contribution in [3.63, 3.8) is 0 Å². The standard InChI is InChI=1S/C24H46N3O7PSi.V/c1-7-20(4)24(6,21(5)19(2)3)34-36-17-9-12-27-13-16-32-35(28,31-14-8-11-25)33-22-10-15-29-23(22)18-30-26;/h19-23,27H,7-10,12-18H2,1-6H3;. The van der Waals surface area contributed by atoms with Gasteiger partial charge in [0.25, 0.3) is 0 Å². The molecule has 2 radical (unpaired) electrons. The number of phosphoric acid groups is 1. The zero-order valence-electron chi connectivity index (χ0n) is 23.3. The Balaban J connectivity index is 2.40. The second kappa shape index (κ2) is 19.2. The summed E-state index contributed by atoms with van der Waals surface area (Å²) in [5, 5.41) is 12.1. The zero-order chi connectivity index (χ0) is 27.7. The minimum absolute atomic E-state index is 0.0381. The Morgan fingerprint density at radius 1 is 1.27 bits per heavy atom. The largest absolute Gasteiger partial charge is 0.0624 e. The van der Waals surface area contributed by atoms with E-state index in [-0.39, 0.29) is 31.8 Å². The predicted octanol–water partition coefficient (Wildman–Crippen LogP) is 5.01. The van der Waals surface area contributed by atoms with Gasteiger partial charge in [0.05, 0.1) is 5.60 Å². The maximum Gasteiger partial charge on any atom is -0.0139 e. The second-order valence-electron chi connectivity index (χ2n) is 9.87. The number of phosphoric ester groups is 1. The fourth-order valence-corrected chi connectivity index (χ4v) is 6.66. The monoisotopic (exact) mass is 598 g/mol. The van der Waals surface area contributed by atoms with E-state index in [0.29, 0.717) is 47.1 Å². The molecule has 10 nitrogen and oxygen atoms in total. The smallest absolute Gasteiger partial charge is 0.0139 e. The number of nitrogens with one attached hydrogen (secondary N) is 1. The topological polar surface area (TPSA) is 121 Å². The Morgan fingerprint density at radius 3 is 2.65 bits per heavy atom. The Kier molecular flexibility index (Phi) is 18.2. The van der Waals surface area contributed by atoms with Gasteiger partial charge in [0.2, 0.25) is 9.76 Å². The summed E-state index contributed by atoms with van der Waals surface area (Å²) in [5.41, 5.74) is -0.116. The molecule has 13 heteroatoms. The van der Waals surface area contributed by atoms with Crippen molar-refractivity contribution >= 4 is 17.6 Å². The molecule has 0 aromatic heterocycles. The summed E-state index contributed by atoms with van der Waals surface area (Å²) >= 11 is 1.96. The molecule has 1 fully saturated rings. The SMILES string of the molecule is CCC(C)C(C)(O[Si]CCCNCCOP(=O)(OCCC#N)OC1CCOC1CO[N]=[V])C(C)C(C)C. The van der Waals surface area contributed by atoms with E-state index in [0.717, 1.165) is 25.4 Å². The van der Waals surface area contributed by atoms with Gasteiger partial charge in [-0.1, -0.05) is 41.0 Å². The van der Waals surface area contributed by atoms with Gasteiger partial charge >= 0.3 is 138 Å². The average Bonchev–Trinajstić information content (AvgIpc) is 3.31. The van der Waals surface area contributed by atoms with E-state index in [1.165, 1.54) is 0 Å². The van der Waals surface area contributed by atoms with Crippen LogP contribution in [0.15, 0.2) is 3.95 Å². The molecule has 0 aromatic carbocycles. The van der Waals surface area contributed by atoms with Crippen molar-refractivity contribution in [1.82, 2.24) is 5.32 Å². The van der Waals surface area contributed by atoms with E-state index in [4.69, 9.17) is 32.8 Å². The van der Waals surface area contributed by atoms with Gasteiger partial charge in [-0.25, -0.2) is 0 Å². The number of nitriles is 1. The van der Waals surface area contributed by atoms with E-state index in [2.05, 4.69) is 50.8 Å². The molecule has 0 aliphatic carbocycles. The fraction of sp³-hybridized carbons (Fsp3) is 0.958. The molecular weight excluding hydrogens is 552 g/mol. The van der Waals surface area contributed by atoms with Crippen molar-refractivity contribution in [3.8, 4) is 6.07 Å². The summed E-state index contributed by atoms with van der Waals surface area (Å²) in [6.45, 7) is 15.6. The Morgan fingerprint density at radius 2 is 2.00 bits per heavy atom. The first-order valence-electron chi connectivity index (χ1n) is 13.3. The third kappa shape index (κ3) is 12.8. The molecule has 37 heavy (non-hydrogen) atoms. The van der Waals surface area contributed by atoms with Gasteiger partial charge in [-0.15, -0.1) is 0 Å². The van der Waals surface area contributed by atoms with E-state index >= 15 is 0 Å². The van der Waals surface area contributed by atoms with Crippen LogP contribution >= 0.6 is 7.82 Å². The van der Waals surface area contributed by atoms with Crippen LogP contribution < -0.4 is 5.32 Å². The molecule has 1 aliphatic heterocycles. The van der Waals surface area contributed by atoms with Crippen LogP contribution in [0.1, 0.15) is 67.2 Å². The first-order chi connectivity index (χ1) is 17.6. The summed E-state index contributed by atoms with van der Waals surface area (Å²) < 4.78 is 45.4. The van der Waals surface area contributed by atoms with Crippen LogP contribution in [0.4, 0.5) is 0 Å². The van der Waals surface area contributed by atoms with E-state index in [9.17, 15) is 4.57 Å². The maximum absolute atomic E-state index is 13.2. The number of rotatable bonds is 22. The average molecular weight is 599 g/mol. The normalized spacial score (nSPS) is 22.7. The van der Waals surface area contributed by atoms with E-state index < -0.39 is 20.0 Å². The van der Waals surface area contributed by atoms with Crippen LogP contribution in [0.2, 0.25) is 6.04 Å². The number of hydrogen-bond acceptors (Lipinski definition) is 10. The third-order valence-electron chi connectivity index (χ3n) is 7.12. The van der Waals surface area contributed by atoms with E-state index in [1.54, 1.807) is 0 Å². The molecule has 1 N–H and O–H groups in total. The summed E-state index contributed by atoms with van der Waals surface area (Å²) in [6, 6.07) is 2.95. The van der Waals surface area contributed by atoms with Gasteiger partial charge in [-0.05, 0) is 37.1 Å². The molecular formula is C24H46N3O7PSiV. The van der Waals surface area contributed by atoms with Crippen molar-refractivity contribution in [2.75, 3.05) is 39.5 Å². The summed E-state index contributed by atoms with van der Waals surface area (Å²) in [4.78, 5) is 5.03. The first kappa shape index (κ1) is 35.1. The molecule has 6 atom stereocenters. The van der Waals surface area contributed by atoms with Crippen LogP contribution in [0.5, 0.6) is 0 Å². The quantitative estimate of drug-likeness (QED) is 0.0794. The van der Waals surface area contributed by atoms with Crippen LogP contribution in [-0.4, -0.2) is 67.1 Å². The van der Waals surface area contributed by atoms with Gasteiger partial charge in [-0.3, -0.25) is 0 Å². The number of hydrogen-bond donors (Lipinski definition) is 1. The van der Waals surface area contributed by atoms with Crippen molar-refractivity contribution in [3.05, 3.63) is 0 Å². The molecule has 0 bridgehead atoms. The van der Waals surface area contributed by atoms with Crippen molar-refractivity contribution in [2.24, 2.45) is 21.7 Å². The van der Waals surface area contributed by atoms with Gasteiger partial charge in [0.15, 0.2) is 0 Å². The predicted molar refractivity (Wildman–Crippen MR) is 138 cm³/mol. The Hall–Kier alpha value is 0.0413. The van der Waals surface area contributed by atoms with Gasteiger partial charge in [-0.2, -0.15) is 0 Å². The molecule has 1 heterocycles. The molecule has 0 amide bonds. The Labute approximate surface area is 235 Å². The first-order valence-corrected chi connectivity index (χ1v) is 16.5. The van der Waals surface area contributed by atoms with Crippen molar-refractivity contribution in [2.45, 2.75) is 91.1 Å². The molecule has 1 aliphatic rings. The second-order valence-corrected chi connectivity index (χ2v) is 12.7. The minimum atomic E-state index is -3.86. The van der Waals surface area contributed by atoms with Gasteiger partial charge in [0.1, 0.15) is 0 Å². The molecule has 0 saturated carbocycles. The van der Waals surface area contributed by atoms with Crippen LogP contribution in [-0.2, 0) is 49.4 Å². The van der Waals surface area contributed by atoms with Crippen molar-refractivity contribution < 1.29 is 49.4 Å². The van der Waals surface area contributed by atoms with Gasteiger partial charge < -0.3 is 4.43 Å². The molecule has 0 aromatic rings. The van der Waals surface area contributed by atoms with Crippen LogP contribution in [0.3, 0.4) is 0 Å². The molecule has 0 spiro atoms. The fourth-order valence-electron chi connectivity index (χ4n) is 4.03. The maximum atomic E-state index is 13.2. The Bertz CT molecular complexity index is 733. The molecule has 1 saturated heterocycles. The van der Waals surface area contributed by atoms with Crippen LogP contribution in [0.25, 0.3) is 0 Å². The summed E-state index contributed by atoms with van der Waals surface area (Å²) in [7, 11) is -3.41. The number of nitrogens with zero attached hydrogens (tertiary/aromatic N) is 2. The molecule has 6 unspecified atom stereocenters. The minimum Gasteiger partial charge on any atom is -0.0624 e. The zero-order valence-corrected chi connectivity index (χ0v) is 26.6. The van der Waals surface area contributed by atoms with Gasteiger partial charge in [0, 0.05) is 0 Å². The van der Waals surface area contributed by atoms with E-state index in [1.807, 2.05) is 23.3 Å².